The van der Waals surface area contributed by atoms with Crippen molar-refractivity contribution in [2.45, 2.75) is 44.3 Å². The van der Waals surface area contributed by atoms with Crippen LogP contribution < -0.4 is 15.4 Å². The molecule has 1 aromatic heterocycles. The summed E-state index contributed by atoms with van der Waals surface area (Å²) >= 11 is 2.00. The molecule has 0 saturated carbocycles. The molecule has 2 heterocycles. The first-order valence-electron chi connectivity index (χ1n) is 6.65. The Balaban J connectivity index is 2.24. The molecule has 0 bridgehead atoms. The highest BCUT2D eigenvalue weighted by atomic mass is 32.2. The van der Waals surface area contributed by atoms with Crippen LogP contribution in [0.2, 0.25) is 0 Å². The van der Waals surface area contributed by atoms with Gasteiger partial charge in [0.15, 0.2) is 5.82 Å². The van der Waals surface area contributed by atoms with E-state index in [0.29, 0.717) is 22.1 Å². The Morgan fingerprint density at radius 3 is 2.53 bits per heavy atom. The zero-order valence-corrected chi connectivity index (χ0v) is 12.8. The molecule has 1 aromatic rings. The fourth-order valence-electron chi connectivity index (χ4n) is 2.29. The molecule has 5 nitrogen and oxygen atoms in total. The van der Waals surface area contributed by atoms with Gasteiger partial charge in [-0.1, -0.05) is 13.8 Å². The van der Waals surface area contributed by atoms with Crippen LogP contribution in [0.15, 0.2) is 6.33 Å². The fourth-order valence-corrected chi connectivity index (χ4v) is 3.62. The number of anilines is 2. The first kappa shape index (κ1) is 14.2. The van der Waals surface area contributed by atoms with Gasteiger partial charge in [-0.05, 0) is 13.8 Å². The van der Waals surface area contributed by atoms with Crippen molar-refractivity contribution in [2.24, 2.45) is 0 Å². The maximum atomic E-state index is 6.15. The quantitative estimate of drug-likeness (QED) is 0.916. The highest BCUT2D eigenvalue weighted by Crippen LogP contribution is 2.33. The minimum Gasteiger partial charge on any atom is -0.473 e. The summed E-state index contributed by atoms with van der Waals surface area (Å²) in [7, 11) is 0. The molecule has 1 aliphatic rings. The second-order valence-electron chi connectivity index (χ2n) is 5.25. The van der Waals surface area contributed by atoms with E-state index in [1.165, 1.54) is 6.33 Å². The Bertz CT molecular complexity index is 431. The molecular weight excluding hydrogens is 260 g/mol. The lowest BCUT2D eigenvalue weighted by Crippen LogP contribution is -2.41. The van der Waals surface area contributed by atoms with Crippen LogP contribution in [-0.4, -0.2) is 39.7 Å². The highest BCUT2D eigenvalue weighted by Gasteiger charge is 2.25. The standard InChI is InChI=1S/C13H22N4OS/c1-8(2)18-13-11(14)12(15-7-16-13)17-5-9(3)19-10(4)6-17/h7-10H,5-6,14H2,1-4H3. The van der Waals surface area contributed by atoms with Crippen LogP contribution in [0.5, 0.6) is 5.88 Å². The zero-order valence-electron chi connectivity index (χ0n) is 12.0. The summed E-state index contributed by atoms with van der Waals surface area (Å²) in [6.07, 6.45) is 1.58. The molecule has 0 aromatic carbocycles. The van der Waals surface area contributed by atoms with Crippen molar-refractivity contribution in [3.05, 3.63) is 6.33 Å². The molecule has 2 N–H and O–H groups in total. The van der Waals surface area contributed by atoms with E-state index in [9.17, 15) is 0 Å². The van der Waals surface area contributed by atoms with Gasteiger partial charge in [0.2, 0.25) is 5.88 Å². The molecule has 1 aliphatic heterocycles. The molecule has 106 valence electrons. The van der Waals surface area contributed by atoms with Gasteiger partial charge >= 0.3 is 0 Å². The fraction of sp³-hybridized carbons (Fsp3) is 0.692. The van der Waals surface area contributed by atoms with Crippen molar-refractivity contribution in [1.29, 1.82) is 0 Å². The minimum atomic E-state index is 0.0554. The van der Waals surface area contributed by atoms with Gasteiger partial charge in [-0.2, -0.15) is 16.7 Å². The lowest BCUT2D eigenvalue weighted by Gasteiger charge is -2.35. The van der Waals surface area contributed by atoms with Crippen molar-refractivity contribution >= 4 is 23.3 Å². The van der Waals surface area contributed by atoms with Crippen LogP contribution in [0.4, 0.5) is 11.5 Å². The third-order valence-electron chi connectivity index (χ3n) is 2.89. The predicted molar refractivity (Wildman–Crippen MR) is 80.9 cm³/mol. The van der Waals surface area contributed by atoms with E-state index >= 15 is 0 Å². The van der Waals surface area contributed by atoms with Gasteiger partial charge in [0, 0.05) is 23.6 Å². The number of hydrogen-bond donors (Lipinski definition) is 1. The van der Waals surface area contributed by atoms with Crippen LogP contribution in [0.1, 0.15) is 27.7 Å². The number of thioether (sulfide) groups is 1. The van der Waals surface area contributed by atoms with Gasteiger partial charge in [0.25, 0.3) is 0 Å². The van der Waals surface area contributed by atoms with E-state index < -0.39 is 0 Å². The number of hydrogen-bond acceptors (Lipinski definition) is 6. The molecule has 19 heavy (non-hydrogen) atoms. The first-order valence-corrected chi connectivity index (χ1v) is 7.59. The number of rotatable bonds is 3. The lowest BCUT2D eigenvalue weighted by molar-refractivity contribution is 0.234. The predicted octanol–water partition coefficient (Wildman–Crippen LogP) is 2.18. The van der Waals surface area contributed by atoms with Gasteiger partial charge < -0.3 is 15.4 Å². The number of nitrogen functional groups attached to an aromatic ring is 1. The topological polar surface area (TPSA) is 64.3 Å². The van der Waals surface area contributed by atoms with E-state index in [4.69, 9.17) is 10.5 Å². The van der Waals surface area contributed by atoms with E-state index in [1.54, 1.807) is 0 Å². The van der Waals surface area contributed by atoms with Crippen LogP contribution in [-0.2, 0) is 0 Å². The Labute approximate surface area is 118 Å². The summed E-state index contributed by atoms with van der Waals surface area (Å²) < 4.78 is 5.62. The summed E-state index contributed by atoms with van der Waals surface area (Å²) in [6.45, 7) is 10.3. The van der Waals surface area contributed by atoms with Gasteiger partial charge in [0.05, 0.1) is 6.10 Å². The number of nitrogens with two attached hydrogens (primary N) is 1. The molecule has 1 saturated heterocycles. The molecule has 2 atom stereocenters. The minimum absolute atomic E-state index is 0.0554. The maximum absolute atomic E-state index is 6.15. The van der Waals surface area contributed by atoms with Crippen LogP contribution in [0, 0.1) is 0 Å². The van der Waals surface area contributed by atoms with Gasteiger partial charge in [-0.3, -0.25) is 0 Å². The van der Waals surface area contributed by atoms with Crippen molar-refractivity contribution in [3.8, 4) is 5.88 Å². The molecule has 6 heteroatoms. The first-order chi connectivity index (χ1) is 8.97. The summed E-state index contributed by atoms with van der Waals surface area (Å²) in [5.41, 5.74) is 6.70. The monoisotopic (exact) mass is 282 g/mol. The van der Waals surface area contributed by atoms with Gasteiger partial charge in [-0.25, -0.2) is 4.98 Å². The highest BCUT2D eigenvalue weighted by molar-refractivity contribution is 8.00. The second kappa shape index (κ2) is 5.86. The Kier molecular flexibility index (Phi) is 4.39. The third-order valence-corrected chi connectivity index (χ3v) is 4.12. The summed E-state index contributed by atoms with van der Waals surface area (Å²) in [6, 6.07) is 0. The van der Waals surface area contributed by atoms with Gasteiger partial charge in [0.1, 0.15) is 12.0 Å². The summed E-state index contributed by atoms with van der Waals surface area (Å²) in [4.78, 5) is 10.7. The molecule has 1 fully saturated rings. The number of ether oxygens (including phenoxy) is 1. The smallest absolute Gasteiger partial charge is 0.242 e. The average molecular weight is 282 g/mol. The van der Waals surface area contributed by atoms with Crippen molar-refractivity contribution < 1.29 is 4.74 Å². The largest absolute Gasteiger partial charge is 0.473 e. The molecule has 2 unspecified atom stereocenters. The average Bonchev–Trinajstić information content (AvgIpc) is 2.30. The second-order valence-corrected chi connectivity index (χ2v) is 7.13. The van der Waals surface area contributed by atoms with Gasteiger partial charge in [-0.15, -0.1) is 0 Å². The zero-order chi connectivity index (χ0) is 14.0. The van der Waals surface area contributed by atoms with Crippen molar-refractivity contribution in [1.82, 2.24) is 9.97 Å². The molecule has 0 spiro atoms. The number of aromatic nitrogens is 2. The number of nitrogens with zero attached hydrogens (tertiary/aromatic N) is 3. The lowest BCUT2D eigenvalue weighted by atomic mass is 10.3. The Morgan fingerprint density at radius 1 is 1.32 bits per heavy atom. The van der Waals surface area contributed by atoms with E-state index in [-0.39, 0.29) is 6.10 Å². The van der Waals surface area contributed by atoms with Crippen LogP contribution in [0.3, 0.4) is 0 Å². The molecule has 2 rings (SSSR count). The summed E-state index contributed by atoms with van der Waals surface area (Å²) in [5, 5.41) is 1.15. The van der Waals surface area contributed by atoms with Crippen LogP contribution in [0.25, 0.3) is 0 Å². The third kappa shape index (κ3) is 3.43. The Morgan fingerprint density at radius 2 is 1.95 bits per heavy atom. The van der Waals surface area contributed by atoms with E-state index in [2.05, 4.69) is 28.7 Å². The Hall–Kier alpha value is -1.17. The normalized spacial score (nSPS) is 23.7. The summed E-state index contributed by atoms with van der Waals surface area (Å²) in [5.74, 6) is 1.28. The van der Waals surface area contributed by atoms with Crippen molar-refractivity contribution in [2.75, 3.05) is 23.7 Å². The van der Waals surface area contributed by atoms with Crippen molar-refractivity contribution in [3.63, 3.8) is 0 Å². The van der Waals surface area contributed by atoms with Crippen LogP contribution >= 0.6 is 11.8 Å². The maximum Gasteiger partial charge on any atom is 0.242 e. The van der Waals surface area contributed by atoms with E-state index in [1.807, 2.05) is 25.6 Å². The molecule has 0 radical (unpaired) electrons. The molecular formula is C13H22N4OS. The molecule has 0 amide bonds. The van der Waals surface area contributed by atoms with E-state index in [0.717, 1.165) is 18.9 Å². The SMILES string of the molecule is CC(C)Oc1ncnc(N2CC(C)SC(C)C2)c1N. The molecule has 0 aliphatic carbocycles.